The van der Waals surface area contributed by atoms with Gasteiger partial charge in [-0.05, 0) is 0 Å². The van der Waals surface area contributed by atoms with Crippen LogP contribution in [0.2, 0.25) is 0 Å². The van der Waals surface area contributed by atoms with Crippen molar-refractivity contribution in [3.63, 3.8) is 0 Å². The first-order valence-electron chi connectivity index (χ1n) is 4.77. The molecule has 0 N–H and O–H groups in total. The number of fused-ring (bicyclic) bond motifs is 1. The highest BCUT2D eigenvalue weighted by Crippen LogP contribution is 2.27. The van der Waals surface area contributed by atoms with Gasteiger partial charge in [-0.25, -0.2) is 9.59 Å². The van der Waals surface area contributed by atoms with Crippen LogP contribution in [-0.2, 0) is 22.5 Å². The van der Waals surface area contributed by atoms with Crippen LogP contribution in [0.1, 0.15) is 11.3 Å². The number of carbonyl (C=O) groups excluding carboxylic acids is 2. The minimum absolute atomic E-state index is 0.228. The SMILES string of the molecule is COC(=O)N1CCc2oc(N=C=O)cc2C1. The number of aliphatic imine (C=N–C) groups is 1. The van der Waals surface area contributed by atoms with Gasteiger partial charge in [-0.3, -0.25) is 0 Å². The molecule has 2 rings (SSSR count). The van der Waals surface area contributed by atoms with Gasteiger partial charge in [0, 0.05) is 24.6 Å². The minimum Gasteiger partial charge on any atom is -0.453 e. The molecule has 0 unspecified atom stereocenters. The van der Waals surface area contributed by atoms with E-state index in [2.05, 4.69) is 9.73 Å². The van der Waals surface area contributed by atoms with E-state index in [-0.39, 0.29) is 12.0 Å². The number of ether oxygens (including phenoxy) is 1. The summed E-state index contributed by atoms with van der Waals surface area (Å²) in [6.07, 6.45) is 1.64. The van der Waals surface area contributed by atoms with E-state index in [9.17, 15) is 9.59 Å². The molecule has 1 aliphatic heterocycles. The van der Waals surface area contributed by atoms with E-state index in [1.54, 1.807) is 11.0 Å². The molecule has 0 spiro atoms. The van der Waals surface area contributed by atoms with Crippen LogP contribution < -0.4 is 0 Å². The van der Waals surface area contributed by atoms with Crippen LogP contribution in [0.25, 0.3) is 0 Å². The highest BCUT2D eigenvalue weighted by molar-refractivity contribution is 5.68. The number of carbonyl (C=O) groups is 1. The van der Waals surface area contributed by atoms with Gasteiger partial charge in [0.15, 0.2) is 0 Å². The highest BCUT2D eigenvalue weighted by atomic mass is 16.5. The minimum atomic E-state index is -0.368. The zero-order valence-corrected chi connectivity index (χ0v) is 8.73. The Morgan fingerprint density at radius 3 is 3.19 bits per heavy atom. The molecule has 2 heterocycles. The summed E-state index contributed by atoms with van der Waals surface area (Å²) in [5, 5.41) is 0. The first-order valence-corrected chi connectivity index (χ1v) is 4.77. The second kappa shape index (κ2) is 4.20. The molecule has 0 atom stereocenters. The summed E-state index contributed by atoms with van der Waals surface area (Å²) in [6, 6.07) is 1.63. The van der Waals surface area contributed by atoms with Gasteiger partial charge in [-0.2, -0.15) is 0 Å². The van der Waals surface area contributed by atoms with Crippen molar-refractivity contribution in [1.29, 1.82) is 0 Å². The Hall–Kier alpha value is -2.07. The van der Waals surface area contributed by atoms with Crippen molar-refractivity contribution < 1.29 is 18.7 Å². The Morgan fingerprint density at radius 1 is 1.69 bits per heavy atom. The lowest BCUT2D eigenvalue weighted by Gasteiger charge is -2.24. The second-order valence-corrected chi connectivity index (χ2v) is 3.38. The fourth-order valence-corrected chi connectivity index (χ4v) is 1.70. The van der Waals surface area contributed by atoms with Crippen molar-refractivity contribution in [2.45, 2.75) is 13.0 Å². The second-order valence-electron chi connectivity index (χ2n) is 3.38. The van der Waals surface area contributed by atoms with Gasteiger partial charge in [-0.15, -0.1) is 4.99 Å². The summed E-state index contributed by atoms with van der Waals surface area (Å²) < 4.78 is 9.93. The van der Waals surface area contributed by atoms with Crippen LogP contribution in [0, 0.1) is 0 Å². The van der Waals surface area contributed by atoms with Crippen LogP contribution in [0.4, 0.5) is 10.7 Å². The Labute approximate surface area is 91.5 Å². The van der Waals surface area contributed by atoms with E-state index in [0.717, 1.165) is 11.3 Å². The number of hydrogen-bond acceptors (Lipinski definition) is 5. The molecule has 1 aromatic heterocycles. The van der Waals surface area contributed by atoms with E-state index in [1.807, 2.05) is 0 Å². The summed E-state index contributed by atoms with van der Waals surface area (Å²) in [5.74, 6) is 0.987. The Morgan fingerprint density at radius 2 is 2.50 bits per heavy atom. The number of nitrogens with zero attached hydrogens (tertiary/aromatic N) is 2. The average Bonchev–Trinajstić information content (AvgIpc) is 2.69. The van der Waals surface area contributed by atoms with E-state index in [4.69, 9.17) is 4.42 Å². The summed E-state index contributed by atoms with van der Waals surface area (Å²) >= 11 is 0. The molecular formula is C10H10N2O4. The predicted octanol–water partition coefficient (Wildman–Crippen LogP) is 1.37. The zero-order chi connectivity index (χ0) is 11.5. The smallest absolute Gasteiger partial charge is 0.409 e. The fourth-order valence-electron chi connectivity index (χ4n) is 1.70. The van der Waals surface area contributed by atoms with E-state index >= 15 is 0 Å². The van der Waals surface area contributed by atoms with Crippen molar-refractivity contribution in [1.82, 2.24) is 4.90 Å². The molecule has 0 aromatic carbocycles. The Bertz CT molecular complexity index is 459. The van der Waals surface area contributed by atoms with Crippen LogP contribution >= 0.6 is 0 Å². The van der Waals surface area contributed by atoms with Crippen LogP contribution in [-0.4, -0.2) is 30.7 Å². The molecule has 0 fully saturated rings. The van der Waals surface area contributed by atoms with Crippen molar-refractivity contribution in [2.24, 2.45) is 4.99 Å². The van der Waals surface area contributed by atoms with E-state index in [0.29, 0.717) is 19.5 Å². The number of methoxy groups -OCH3 is 1. The molecule has 1 amide bonds. The third-order valence-electron chi connectivity index (χ3n) is 2.44. The summed E-state index contributed by atoms with van der Waals surface area (Å²) in [7, 11) is 1.34. The number of furan rings is 1. The van der Waals surface area contributed by atoms with Gasteiger partial charge in [0.2, 0.25) is 12.0 Å². The molecule has 0 bridgehead atoms. The first kappa shape index (κ1) is 10.4. The molecule has 0 saturated heterocycles. The average molecular weight is 222 g/mol. The normalized spacial score (nSPS) is 13.9. The maximum Gasteiger partial charge on any atom is 0.409 e. The number of rotatable bonds is 1. The van der Waals surface area contributed by atoms with Crippen molar-refractivity contribution in [3.05, 3.63) is 17.4 Å². The topological polar surface area (TPSA) is 72.1 Å². The van der Waals surface area contributed by atoms with Crippen LogP contribution in [0.5, 0.6) is 0 Å². The molecule has 0 aliphatic carbocycles. The fraction of sp³-hybridized carbons (Fsp3) is 0.400. The van der Waals surface area contributed by atoms with E-state index in [1.165, 1.54) is 13.2 Å². The van der Waals surface area contributed by atoms with Gasteiger partial charge in [-0.1, -0.05) is 0 Å². The summed E-state index contributed by atoms with van der Waals surface area (Å²) in [6.45, 7) is 0.956. The number of hydrogen-bond donors (Lipinski definition) is 0. The summed E-state index contributed by atoms with van der Waals surface area (Å²) in [4.78, 5) is 26.3. The quantitative estimate of drug-likeness (QED) is 0.531. The maximum atomic E-state index is 11.3. The lowest BCUT2D eigenvalue weighted by molar-refractivity contribution is 0.117. The van der Waals surface area contributed by atoms with Gasteiger partial charge in [0.05, 0.1) is 13.7 Å². The lowest BCUT2D eigenvalue weighted by atomic mass is 10.1. The largest absolute Gasteiger partial charge is 0.453 e. The monoisotopic (exact) mass is 222 g/mol. The molecule has 0 saturated carbocycles. The lowest BCUT2D eigenvalue weighted by Crippen LogP contribution is -2.35. The molecular weight excluding hydrogens is 212 g/mol. The van der Waals surface area contributed by atoms with Crippen LogP contribution in [0.3, 0.4) is 0 Å². The highest BCUT2D eigenvalue weighted by Gasteiger charge is 2.24. The molecule has 16 heavy (non-hydrogen) atoms. The van der Waals surface area contributed by atoms with Crippen molar-refractivity contribution in [2.75, 3.05) is 13.7 Å². The van der Waals surface area contributed by atoms with Gasteiger partial charge in [0.1, 0.15) is 5.76 Å². The third-order valence-corrected chi connectivity index (χ3v) is 2.44. The van der Waals surface area contributed by atoms with Crippen molar-refractivity contribution >= 4 is 18.1 Å². The molecule has 84 valence electrons. The van der Waals surface area contributed by atoms with Crippen LogP contribution in [0.15, 0.2) is 15.5 Å². The third kappa shape index (κ3) is 1.83. The number of amides is 1. The molecule has 6 nitrogen and oxygen atoms in total. The predicted molar refractivity (Wildman–Crippen MR) is 53.0 cm³/mol. The van der Waals surface area contributed by atoms with Gasteiger partial charge in [0.25, 0.3) is 0 Å². The Kier molecular flexibility index (Phi) is 2.74. The Balaban J connectivity index is 2.20. The maximum absolute atomic E-state index is 11.3. The zero-order valence-electron chi connectivity index (χ0n) is 8.73. The molecule has 1 aliphatic rings. The van der Waals surface area contributed by atoms with E-state index < -0.39 is 0 Å². The van der Waals surface area contributed by atoms with Gasteiger partial charge >= 0.3 is 6.09 Å². The standard InChI is InChI=1S/C10H10N2O4/c1-15-10(14)12-3-2-8-7(5-12)4-9(16-8)11-6-13/h4H,2-3,5H2,1H3. The van der Waals surface area contributed by atoms with Crippen molar-refractivity contribution in [3.8, 4) is 0 Å². The molecule has 0 radical (unpaired) electrons. The molecule has 1 aromatic rings. The van der Waals surface area contributed by atoms with Gasteiger partial charge < -0.3 is 14.1 Å². The first-order chi connectivity index (χ1) is 7.74. The molecule has 6 heteroatoms. The summed E-state index contributed by atoms with van der Waals surface area (Å²) in [5.41, 5.74) is 0.852. The number of isocyanates is 1.